The fraction of sp³-hybridized carbons (Fsp3) is 0.688. The molecule has 0 aromatic carbocycles. The van der Waals surface area contributed by atoms with E-state index in [1.54, 1.807) is 12.7 Å². The summed E-state index contributed by atoms with van der Waals surface area (Å²) < 4.78 is 0. The molecule has 2 bridgehead atoms. The lowest BCUT2D eigenvalue weighted by molar-refractivity contribution is 0.0300. The predicted octanol–water partition coefficient (Wildman–Crippen LogP) is 1.80. The lowest BCUT2D eigenvalue weighted by Crippen LogP contribution is -2.54. The standard InChI is InChI=1S/C16H22N6/c1-16-6-10-7-21(2)11(16)4-3-5-12(16)22(10)15-13-14(18-8-17-13)19-9-20-15/h8-12H,3-7H2,1-2H3,(H,17,18,19,20)/t10-,11+,12?,16+/m0/s1. The Bertz CT molecular complexity index is 726. The summed E-state index contributed by atoms with van der Waals surface area (Å²) >= 11 is 0. The van der Waals surface area contributed by atoms with E-state index in [4.69, 9.17) is 0 Å². The van der Waals surface area contributed by atoms with E-state index < -0.39 is 0 Å². The largest absolute Gasteiger partial charge is 0.347 e. The average molecular weight is 298 g/mol. The smallest absolute Gasteiger partial charge is 0.182 e. The van der Waals surface area contributed by atoms with Gasteiger partial charge in [0.1, 0.15) is 11.8 Å². The molecular formula is C16H22N6. The predicted molar refractivity (Wildman–Crippen MR) is 84.7 cm³/mol. The monoisotopic (exact) mass is 298 g/mol. The van der Waals surface area contributed by atoms with E-state index in [1.165, 1.54) is 25.7 Å². The number of likely N-dealkylation sites (tertiary alicyclic amines) is 1. The van der Waals surface area contributed by atoms with E-state index in [0.29, 0.717) is 23.5 Å². The summed E-state index contributed by atoms with van der Waals surface area (Å²) in [4.78, 5) is 21.7. The maximum absolute atomic E-state index is 4.65. The summed E-state index contributed by atoms with van der Waals surface area (Å²) in [7, 11) is 2.30. The summed E-state index contributed by atoms with van der Waals surface area (Å²) in [5, 5.41) is 0. The van der Waals surface area contributed by atoms with E-state index in [9.17, 15) is 0 Å². The molecule has 2 aromatic rings. The van der Waals surface area contributed by atoms with Crippen LogP contribution in [0.3, 0.4) is 0 Å². The Labute approximate surface area is 129 Å². The average Bonchev–Trinajstić information content (AvgIpc) is 3.06. The van der Waals surface area contributed by atoms with Gasteiger partial charge in [-0.3, -0.25) is 0 Å². The number of aromatic amines is 1. The van der Waals surface area contributed by atoms with Crippen molar-refractivity contribution in [3.8, 4) is 0 Å². The van der Waals surface area contributed by atoms with Crippen molar-refractivity contribution in [3.05, 3.63) is 12.7 Å². The highest BCUT2D eigenvalue weighted by atomic mass is 15.4. The molecule has 116 valence electrons. The third-order valence-corrected chi connectivity index (χ3v) is 6.36. The summed E-state index contributed by atoms with van der Waals surface area (Å²) in [5.41, 5.74) is 2.15. The molecule has 1 aliphatic carbocycles. The molecule has 4 heterocycles. The van der Waals surface area contributed by atoms with Gasteiger partial charge in [-0.25, -0.2) is 15.0 Å². The van der Waals surface area contributed by atoms with Gasteiger partial charge in [-0.15, -0.1) is 0 Å². The number of nitrogens with one attached hydrogen (secondary N) is 1. The number of H-pyrrole nitrogens is 1. The van der Waals surface area contributed by atoms with Crippen LogP contribution in [0.5, 0.6) is 0 Å². The number of anilines is 1. The van der Waals surface area contributed by atoms with Crippen molar-refractivity contribution in [1.29, 1.82) is 0 Å². The van der Waals surface area contributed by atoms with Gasteiger partial charge in [-0.05, 0) is 32.7 Å². The highest BCUT2D eigenvalue weighted by Gasteiger charge is 2.59. The van der Waals surface area contributed by atoms with Crippen LogP contribution in [-0.2, 0) is 0 Å². The molecule has 1 unspecified atom stereocenters. The van der Waals surface area contributed by atoms with Crippen molar-refractivity contribution in [2.24, 2.45) is 5.41 Å². The lowest BCUT2D eigenvalue weighted by atomic mass is 9.66. The number of likely N-dealkylation sites (N-methyl/N-ethyl adjacent to an activating group) is 1. The Morgan fingerprint density at radius 2 is 2.09 bits per heavy atom. The number of imidazole rings is 1. The van der Waals surface area contributed by atoms with Gasteiger partial charge in [0.2, 0.25) is 0 Å². The van der Waals surface area contributed by atoms with Gasteiger partial charge in [0.15, 0.2) is 11.5 Å². The highest BCUT2D eigenvalue weighted by molar-refractivity contribution is 5.83. The second kappa shape index (κ2) is 4.19. The molecular weight excluding hydrogens is 276 g/mol. The van der Waals surface area contributed by atoms with Crippen LogP contribution in [0, 0.1) is 5.41 Å². The van der Waals surface area contributed by atoms with Crippen LogP contribution in [0.2, 0.25) is 0 Å². The van der Waals surface area contributed by atoms with E-state index in [0.717, 1.165) is 23.5 Å². The molecule has 2 aliphatic heterocycles. The molecule has 22 heavy (non-hydrogen) atoms. The fourth-order valence-corrected chi connectivity index (χ4v) is 5.58. The first-order chi connectivity index (χ1) is 10.7. The minimum absolute atomic E-state index is 0.382. The van der Waals surface area contributed by atoms with Crippen molar-refractivity contribution in [3.63, 3.8) is 0 Å². The van der Waals surface area contributed by atoms with E-state index in [2.05, 4.69) is 43.7 Å². The van der Waals surface area contributed by atoms with E-state index in [-0.39, 0.29) is 0 Å². The molecule has 6 heteroatoms. The molecule has 3 fully saturated rings. The van der Waals surface area contributed by atoms with Crippen LogP contribution in [0.4, 0.5) is 5.82 Å². The third-order valence-electron chi connectivity index (χ3n) is 6.36. The van der Waals surface area contributed by atoms with Crippen molar-refractivity contribution in [2.45, 2.75) is 50.7 Å². The number of fused-ring (bicyclic) bond motifs is 2. The fourth-order valence-electron chi connectivity index (χ4n) is 5.58. The van der Waals surface area contributed by atoms with Crippen molar-refractivity contribution >= 4 is 17.0 Å². The topological polar surface area (TPSA) is 60.9 Å². The zero-order valence-corrected chi connectivity index (χ0v) is 13.2. The van der Waals surface area contributed by atoms with E-state index >= 15 is 0 Å². The number of piperidine rings is 1. The quantitative estimate of drug-likeness (QED) is 0.870. The number of aromatic nitrogens is 4. The van der Waals surface area contributed by atoms with Gasteiger partial charge >= 0.3 is 0 Å². The molecule has 3 aliphatic rings. The number of rotatable bonds is 1. The zero-order chi connectivity index (χ0) is 14.9. The van der Waals surface area contributed by atoms with Gasteiger partial charge in [-0.2, -0.15) is 0 Å². The third kappa shape index (κ3) is 1.46. The molecule has 1 saturated carbocycles. The second-order valence-electron chi connectivity index (χ2n) is 7.47. The first-order valence-electron chi connectivity index (χ1n) is 8.31. The molecule has 4 atom stereocenters. The number of hydrogen-bond acceptors (Lipinski definition) is 5. The van der Waals surface area contributed by atoms with Crippen LogP contribution in [-0.4, -0.2) is 56.6 Å². The van der Waals surface area contributed by atoms with Gasteiger partial charge in [-0.1, -0.05) is 6.92 Å². The summed E-state index contributed by atoms with van der Waals surface area (Å²) in [6.45, 7) is 3.63. The molecule has 0 radical (unpaired) electrons. The molecule has 0 spiro atoms. The van der Waals surface area contributed by atoms with Crippen LogP contribution in [0.1, 0.15) is 32.6 Å². The maximum Gasteiger partial charge on any atom is 0.182 e. The van der Waals surface area contributed by atoms with E-state index in [1.807, 2.05) is 0 Å². The number of hydrogen-bond donors (Lipinski definition) is 1. The Morgan fingerprint density at radius 1 is 1.23 bits per heavy atom. The molecule has 1 N–H and O–H groups in total. The summed E-state index contributed by atoms with van der Waals surface area (Å²) in [5.74, 6) is 1.05. The van der Waals surface area contributed by atoms with Crippen LogP contribution >= 0.6 is 0 Å². The first-order valence-corrected chi connectivity index (χ1v) is 8.31. The Balaban J connectivity index is 1.68. The Hall–Kier alpha value is -1.69. The van der Waals surface area contributed by atoms with Crippen molar-refractivity contribution < 1.29 is 0 Å². The van der Waals surface area contributed by atoms with Gasteiger partial charge < -0.3 is 14.8 Å². The molecule has 6 nitrogen and oxygen atoms in total. The Kier molecular flexibility index (Phi) is 2.44. The van der Waals surface area contributed by atoms with Gasteiger partial charge in [0.05, 0.1) is 6.33 Å². The normalized spacial score (nSPS) is 37.9. The van der Waals surface area contributed by atoms with Gasteiger partial charge in [0, 0.05) is 30.1 Å². The van der Waals surface area contributed by atoms with Crippen molar-refractivity contribution in [2.75, 3.05) is 18.5 Å². The summed E-state index contributed by atoms with van der Waals surface area (Å²) in [6, 6.07) is 1.85. The van der Waals surface area contributed by atoms with Crippen LogP contribution in [0.25, 0.3) is 11.2 Å². The minimum atomic E-state index is 0.382. The van der Waals surface area contributed by atoms with Crippen LogP contribution < -0.4 is 4.90 Å². The van der Waals surface area contributed by atoms with Gasteiger partial charge in [0.25, 0.3) is 0 Å². The second-order valence-corrected chi connectivity index (χ2v) is 7.47. The highest BCUT2D eigenvalue weighted by Crippen LogP contribution is 2.55. The minimum Gasteiger partial charge on any atom is -0.347 e. The van der Waals surface area contributed by atoms with Crippen molar-refractivity contribution in [1.82, 2.24) is 24.8 Å². The molecule has 2 saturated heterocycles. The summed E-state index contributed by atoms with van der Waals surface area (Å²) in [6.07, 6.45) is 8.60. The SMILES string of the molecule is CN1C[C@@H]2C[C@@]3(C)C(CCC[C@@H]13)N2c1ncnc2nc[nH]c12. The first kappa shape index (κ1) is 12.8. The zero-order valence-electron chi connectivity index (χ0n) is 13.2. The Morgan fingerprint density at radius 3 is 3.00 bits per heavy atom. The molecule has 2 aromatic heterocycles. The lowest BCUT2D eigenvalue weighted by Gasteiger charge is -2.48. The van der Waals surface area contributed by atoms with Crippen LogP contribution in [0.15, 0.2) is 12.7 Å². The number of nitrogens with zero attached hydrogens (tertiary/aromatic N) is 5. The molecule has 0 amide bonds. The maximum atomic E-state index is 4.65. The molecule has 5 rings (SSSR count).